The summed E-state index contributed by atoms with van der Waals surface area (Å²) >= 11 is 0. The van der Waals surface area contributed by atoms with Gasteiger partial charge in [-0.2, -0.15) is 0 Å². The molecule has 3 atom stereocenters. The largest absolute Gasteiger partial charge is 0.390 e. The number of piperazine rings is 1. The first-order chi connectivity index (χ1) is 22.2. The van der Waals surface area contributed by atoms with E-state index < -0.39 is 23.7 Å². The van der Waals surface area contributed by atoms with Crippen LogP contribution in [0.4, 0.5) is 0 Å². The summed E-state index contributed by atoms with van der Waals surface area (Å²) in [6.07, 6.45) is 7.02. The fourth-order valence-electron chi connectivity index (χ4n) is 7.39. The average molecular weight is 668 g/mol. The molecule has 2 aliphatic heterocycles. The number of carbonyl (C=O) groups is 4. The van der Waals surface area contributed by atoms with Crippen LogP contribution in [0, 0.1) is 5.92 Å². The number of carbonyl (C=O) groups excluding carboxylic acids is 4. The van der Waals surface area contributed by atoms with Gasteiger partial charge < -0.3 is 26.4 Å². The number of unbranched alkanes of at least 4 members (excludes halogenated alkanes) is 1. The maximum absolute atomic E-state index is 13.9. The molecule has 3 amide bonds. The van der Waals surface area contributed by atoms with Crippen molar-refractivity contribution in [1.82, 2.24) is 20.4 Å². The van der Waals surface area contributed by atoms with E-state index >= 15 is 0 Å². The minimum atomic E-state index is -0.888. The fraction of sp³-hybridized carbons (Fsp3) is 0.556. The van der Waals surface area contributed by atoms with Crippen molar-refractivity contribution >= 4 is 35.9 Å². The molecule has 0 radical (unpaired) electrons. The van der Waals surface area contributed by atoms with Crippen LogP contribution in [0.25, 0.3) is 0 Å². The van der Waals surface area contributed by atoms with Crippen LogP contribution in [-0.2, 0) is 16.1 Å². The Morgan fingerprint density at radius 2 is 1.62 bits per heavy atom. The third-order valence-electron chi connectivity index (χ3n) is 10.3. The van der Waals surface area contributed by atoms with Gasteiger partial charge in [-0.1, -0.05) is 69.0 Å². The molecule has 2 aromatic rings. The van der Waals surface area contributed by atoms with Crippen molar-refractivity contribution in [3.63, 3.8) is 0 Å². The minimum absolute atomic E-state index is 0. The third kappa shape index (κ3) is 7.88. The molecule has 5 N–H and O–H groups in total. The van der Waals surface area contributed by atoms with E-state index in [9.17, 15) is 24.3 Å². The SMILES string of the molecule is CCCCN1C(=O)[C@@H]([C@H](O)C2CCCCC2)NC(=O)C12CCN(Cc1ccc(C(N)C(=O)c3ccc(C(=O)NC)cc3)cc1)CC2.Cl. The number of likely N-dealkylation sites (tertiary alicyclic amines) is 1. The number of nitrogens with zero attached hydrogens (tertiary/aromatic N) is 2. The topological polar surface area (TPSA) is 145 Å². The molecule has 2 heterocycles. The first-order valence-corrected chi connectivity index (χ1v) is 16.9. The van der Waals surface area contributed by atoms with Crippen LogP contribution in [-0.4, -0.2) is 82.8 Å². The van der Waals surface area contributed by atoms with E-state index in [2.05, 4.69) is 22.5 Å². The molecule has 1 saturated carbocycles. The molecule has 1 aliphatic carbocycles. The predicted molar refractivity (Wildman–Crippen MR) is 183 cm³/mol. The van der Waals surface area contributed by atoms with Crippen molar-refractivity contribution < 1.29 is 24.3 Å². The first-order valence-electron chi connectivity index (χ1n) is 16.9. The van der Waals surface area contributed by atoms with Gasteiger partial charge in [0.05, 0.1) is 12.1 Å². The fourth-order valence-corrected chi connectivity index (χ4v) is 7.39. The Bertz CT molecular complexity index is 1390. The van der Waals surface area contributed by atoms with Gasteiger partial charge in [0.15, 0.2) is 5.78 Å². The Morgan fingerprint density at radius 1 is 1.00 bits per heavy atom. The van der Waals surface area contributed by atoms with E-state index in [4.69, 9.17) is 5.73 Å². The summed E-state index contributed by atoms with van der Waals surface area (Å²) in [7, 11) is 1.56. The van der Waals surface area contributed by atoms with Crippen molar-refractivity contribution in [2.45, 2.75) is 95.0 Å². The Balaban J connectivity index is 0.00000500. The van der Waals surface area contributed by atoms with Crippen LogP contribution in [0.15, 0.2) is 48.5 Å². The Hall–Kier alpha value is -3.31. The normalized spacial score (nSPS) is 21.4. The molecular weight excluding hydrogens is 618 g/mol. The highest BCUT2D eigenvalue weighted by Crippen LogP contribution is 2.36. The van der Waals surface area contributed by atoms with E-state index in [0.29, 0.717) is 55.7 Å². The number of nitrogens with one attached hydrogen (secondary N) is 2. The molecule has 256 valence electrons. The summed E-state index contributed by atoms with van der Waals surface area (Å²) in [5.41, 5.74) is 8.13. The van der Waals surface area contributed by atoms with Gasteiger partial charge in [-0.15, -0.1) is 12.4 Å². The van der Waals surface area contributed by atoms with Crippen LogP contribution in [0.1, 0.15) is 103 Å². The number of ketones is 1. The second kappa shape index (κ2) is 16.2. The number of nitrogens with two attached hydrogens (primary N) is 1. The highest BCUT2D eigenvalue weighted by atomic mass is 35.5. The number of hydrogen-bond donors (Lipinski definition) is 4. The standard InChI is InChI=1S/C36H49N5O5.ClH/c1-3-4-20-41-34(45)30(32(43)26-8-6-5-7-9-26)39-35(46)36(41)18-21-40(22-19-36)23-24-10-12-25(13-11-24)29(37)31(42)27-14-16-28(17-15-27)33(44)38-2;/h10-17,26,29-30,32,43H,3-9,18-23,37H2,1-2H3,(H,38,44)(H,39,46);1H/t29?,30-,32-;/m1./s1. The lowest BCUT2D eigenvalue weighted by atomic mass is 9.78. The molecule has 5 rings (SSSR count). The van der Waals surface area contributed by atoms with Crippen molar-refractivity contribution in [2.75, 3.05) is 26.7 Å². The van der Waals surface area contributed by atoms with Crippen LogP contribution < -0.4 is 16.4 Å². The minimum Gasteiger partial charge on any atom is -0.390 e. The maximum Gasteiger partial charge on any atom is 0.251 e. The third-order valence-corrected chi connectivity index (χ3v) is 10.3. The highest BCUT2D eigenvalue weighted by molar-refractivity contribution is 6.02. The van der Waals surface area contributed by atoms with Gasteiger partial charge in [-0.05, 0) is 61.3 Å². The molecule has 47 heavy (non-hydrogen) atoms. The van der Waals surface area contributed by atoms with Gasteiger partial charge in [0, 0.05) is 44.4 Å². The average Bonchev–Trinajstić information content (AvgIpc) is 3.10. The summed E-state index contributed by atoms with van der Waals surface area (Å²) in [6, 6.07) is 12.5. The van der Waals surface area contributed by atoms with E-state index in [-0.39, 0.29) is 41.8 Å². The number of piperidine rings is 1. The van der Waals surface area contributed by atoms with Crippen LogP contribution in [0.3, 0.4) is 0 Å². The number of amides is 3. The second-order valence-corrected chi connectivity index (χ2v) is 13.2. The predicted octanol–water partition coefficient (Wildman–Crippen LogP) is 3.75. The van der Waals surface area contributed by atoms with Gasteiger partial charge in [0.1, 0.15) is 11.6 Å². The van der Waals surface area contributed by atoms with Gasteiger partial charge >= 0.3 is 0 Å². The van der Waals surface area contributed by atoms with Crippen molar-refractivity contribution in [2.24, 2.45) is 11.7 Å². The first kappa shape index (κ1) is 36.5. The maximum atomic E-state index is 13.9. The number of aliphatic hydroxyl groups is 1. The summed E-state index contributed by atoms with van der Waals surface area (Å²) in [6.45, 7) is 4.59. The zero-order valence-electron chi connectivity index (χ0n) is 27.6. The van der Waals surface area contributed by atoms with Gasteiger partial charge in [-0.25, -0.2) is 0 Å². The molecule has 3 fully saturated rings. The summed E-state index contributed by atoms with van der Waals surface area (Å²) in [4.78, 5) is 56.6. The molecule has 0 aromatic heterocycles. The van der Waals surface area contributed by atoms with Crippen LogP contribution in [0.5, 0.6) is 0 Å². The highest BCUT2D eigenvalue weighted by Gasteiger charge is 2.55. The Labute approximate surface area is 284 Å². The number of rotatable bonds is 11. The molecule has 2 aromatic carbocycles. The lowest BCUT2D eigenvalue weighted by molar-refractivity contribution is -0.166. The van der Waals surface area contributed by atoms with Crippen molar-refractivity contribution in [1.29, 1.82) is 0 Å². The van der Waals surface area contributed by atoms with Crippen LogP contribution >= 0.6 is 12.4 Å². The number of benzene rings is 2. The van der Waals surface area contributed by atoms with E-state index in [1.807, 2.05) is 29.2 Å². The van der Waals surface area contributed by atoms with E-state index in [1.54, 1.807) is 31.3 Å². The zero-order chi connectivity index (χ0) is 32.8. The van der Waals surface area contributed by atoms with Gasteiger partial charge in [-0.3, -0.25) is 24.1 Å². The molecule has 3 aliphatic rings. The number of hydrogen-bond acceptors (Lipinski definition) is 7. The quantitative estimate of drug-likeness (QED) is 0.267. The molecular formula is C36H50ClN5O5. The molecule has 1 unspecified atom stereocenters. The number of halogens is 1. The smallest absolute Gasteiger partial charge is 0.251 e. The Morgan fingerprint density at radius 3 is 2.21 bits per heavy atom. The number of aliphatic hydroxyl groups excluding tert-OH is 1. The molecule has 0 bridgehead atoms. The molecule has 1 spiro atoms. The van der Waals surface area contributed by atoms with Gasteiger partial charge in [0.2, 0.25) is 11.8 Å². The van der Waals surface area contributed by atoms with Crippen molar-refractivity contribution in [3.8, 4) is 0 Å². The lowest BCUT2D eigenvalue weighted by Gasteiger charge is -2.52. The molecule has 11 heteroatoms. The van der Waals surface area contributed by atoms with E-state index in [0.717, 1.165) is 50.5 Å². The Kier molecular flexibility index (Phi) is 12.6. The van der Waals surface area contributed by atoms with E-state index in [1.165, 1.54) is 0 Å². The molecule has 2 saturated heterocycles. The monoisotopic (exact) mass is 667 g/mol. The number of Topliss-reactive ketones (excluding diaryl/α,β-unsaturated/α-hetero) is 1. The summed E-state index contributed by atoms with van der Waals surface area (Å²) in [5, 5.41) is 16.7. The molecule has 10 nitrogen and oxygen atoms in total. The second-order valence-electron chi connectivity index (χ2n) is 13.2. The summed E-state index contributed by atoms with van der Waals surface area (Å²) in [5.74, 6) is -0.658. The zero-order valence-corrected chi connectivity index (χ0v) is 28.4. The van der Waals surface area contributed by atoms with Crippen molar-refractivity contribution in [3.05, 3.63) is 70.8 Å². The van der Waals surface area contributed by atoms with Gasteiger partial charge in [0.25, 0.3) is 5.91 Å². The summed E-state index contributed by atoms with van der Waals surface area (Å²) < 4.78 is 0. The lowest BCUT2D eigenvalue weighted by Crippen LogP contribution is -2.75. The van der Waals surface area contributed by atoms with Crippen LogP contribution in [0.2, 0.25) is 0 Å².